The van der Waals surface area contributed by atoms with Crippen LogP contribution in [0, 0.1) is 13.8 Å². The molecule has 2 aromatic heterocycles. The highest BCUT2D eigenvalue weighted by molar-refractivity contribution is 7.80. The van der Waals surface area contributed by atoms with E-state index in [0.717, 1.165) is 45.5 Å². The van der Waals surface area contributed by atoms with Crippen LogP contribution in [0.2, 0.25) is 0 Å². The van der Waals surface area contributed by atoms with Crippen molar-refractivity contribution in [2.75, 3.05) is 25.9 Å². The van der Waals surface area contributed by atoms with E-state index in [-0.39, 0.29) is 18.9 Å². The molecule has 4 aromatic rings. The van der Waals surface area contributed by atoms with E-state index in [1.165, 1.54) is 0 Å². The third kappa shape index (κ3) is 3.90. The van der Waals surface area contributed by atoms with Crippen LogP contribution in [0.3, 0.4) is 0 Å². The Morgan fingerprint density at radius 1 is 0.974 bits per heavy atom. The van der Waals surface area contributed by atoms with E-state index >= 15 is 0 Å². The molecule has 0 bridgehead atoms. The van der Waals surface area contributed by atoms with Gasteiger partial charge in [0.1, 0.15) is 11.5 Å². The lowest BCUT2D eigenvalue weighted by Crippen LogP contribution is -2.30. The maximum absolute atomic E-state index is 5.94. The van der Waals surface area contributed by atoms with E-state index in [1.807, 2.05) is 54.7 Å². The van der Waals surface area contributed by atoms with Gasteiger partial charge in [0.2, 0.25) is 6.79 Å². The molecule has 0 aliphatic carbocycles. The Kier molecular flexibility index (Phi) is 6.07. The van der Waals surface area contributed by atoms with Gasteiger partial charge in [0, 0.05) is 35.4 Å². The molecular formula is C29H28N4O4S. The first-order valence-corrected chi connectivity index (χ1v) is 12.7. The predicted octanol–water partition coefficient (Wildman–Crippen LogP) is 5.41. The van der Waals surface area contributed by atoms with E-state index in [9.17, 15) is 0 Å². The zero-order chi connectivity index (χ0) is 26.4. The zero-order valence-corrected chi connectivity index (χ0v) is 22.4. The van der Waals surface area contributed by atoms with Gasteiger partial charge in [0.25, 0.3) is 0 Å². The Labute approximate surface area is 226 Å². The van der Waals surface area contributed by atoms with Gasteiger partial charge in [-0.05, 0) is 74.1 Å². The number of methoxy groups -OCH3 is 2. The molecule has 1 fully saturated rings. The highest BCUT2D eigenvalue weighted by Gasteiger charge is 2.43. The lowest BCUT2D eigenvalue weighted by Gasteiger charge is -2.29. The molecule has 2 aromatic carbocycles. The standard InChI is InChI=1S/C29H28N4O4S/c1-17-13-21(18(2)32(17)19-8-11-24-26(14-19)37-16-36-24)28-27(22-7-5-6-12-30-22)31-29(38)33(28)23-10-9-20(34-3)15-25(23)35-4/h5-15,27-28H,16H2,1-4H3,(H,31,38)/t27-,28-/m0/s1. The fraction of sp³-hybridized carbons (Fsp3) is 0.241. The number of hydrogen-bond donors (Lipinski definition) is 1. The zero-order valence-electron chi connectivity index (χ0n) is 21.6. The SMILES string of the molecule is COc1ccc(N2C(=S)N[C@@H](c3ccccn3)[C@@H]2c2cc(C)n(-c3ccc4c(c3)OCO4)c2C)c(OC)c1. The molecular weight excluding hydrogens is 500 g/mol. The van der Waals surface area contributed by atoms with Crippen LogP contribution < -0.4 is 29.2 Å². The van der Waals surface area contributed by atoms with Crippen molar-refractivity contribution in [2.45, 2.75) is 25.9 Å². The van der Waals surface area contributed by atoms with Gasteiger partial charge in [-0.25, -0.2) is 0 Å². The largest absolute Gasteiger partial charge is 0.497 e. The number of nitrogens with one attached hydrogen (secondary N) is 1. The molecule has 2 aliphatic heterocycles. The number of pyridine rings is 1. The molecule has 8 nitrogen and oxygen atoms in total. The summed E-state index contributed by atoms with van der Waals surface area (Å²) in [6.07, 6.45) is 1.81. The summed E-state index contributed by atoms with van der Waals surface area (Å²) < 4.78 is 24.6. The molecule has 0 saturated carbocycles. The van der Waals surface area contributed by atoms with Gasteiger partial charge < -0.3 is 33.7 Å². The van der Waals surface area contributed by atoms with Crippen LogP contribution in [0.4, 0.5) is 5.69 Å². The molecule has 38 heavy (non-hydrogen) atoms. The number of benzene rings is 2. The molecule has 0 radical (unpaired) electrons. The number of rotatable bonds is 6. The smallest absolute Gasteiger partial charge is 0.231 e. The Balaban J connectivity index is 1.51. The Morgan fingerprint density at radius 2 is 1.82 bits per heavy atom. The summed E-state index contributed by atoms with van der Waals surface area (Å²) in [4.78, 5) is 6.81. The highest BCUT2D eigenvalue weighted by atomic mass is 32.1. The fourth-order valence-corrected chi connectivity index (χ4v) is 5.76. The molecule has 9 heteroatoms. The summed E-state index contributed by atoms with van der Waals surface area (Å²) in [5.41, 5.74) is 6.07. The summed E-state index contributed by atoms with van der Waals surface area (Å²) >= 11 is 5.94. The average Bonchev–Trinajstić information content (AvgIpc) is 3.63. The molecule has 2 aliphatic rings. The van der Waals surface area contributed by atoms with Crippen LogP contribution in [0.5, 0.6) is 23.0 Å². The van der Waals surface area contributed by atoms with Crippen LogP contribution in [0.1, 0.15) is 34.7 Å². The van der Waals surface area contributed by atoms with Crippen LogP contribution in [0.15, 0.2) is 66.9 Å². The first-order valence-electron chi connectivity index (χ1n) is 12.3. The van der Waals surface area contributed by atoms with E-state index in [1.54, 1.807) is 14.2 Å². The highest BCUT2D eigenvalue weighted by Crippen LogP contribution is 2.47. The molecule has 0 unspecified atom stereocenters. The molecule has 0 amide bonds. The fourth-order valence-electron chi connectivity index (χ4n) is 5.42. The Hall–Kier alpha value is -4.24. The van der Waals surface area contributed by atoms with Gasteiger partial charge in [-0.1, -0.05) is 6.07 Å². The molecule has 1 saturated heterocycles. The lowest BCUT2D eigenvalue weighted by molar-refractivity contribution is 0.174. The average molecular weight is 529 g/mol. The monoisotopic (exact) mass is 528 g/mol. The predicted molar refractivity (Wildman–Crippen MR) is 149 cm³/mol. The van der Waals surface area contributed by atoms with Crippen LogP contribution >= 0.6 is 12.2 Å². The minimum absolute atomic E-state index is 0.179. The molecule has 6 rings (SSSR count). The maximum Gasteiger partial charge on any atom is 0.231 e. The summed E-state index contributed by atoms with van der Waals surface area (Å²) in [7, 11) is 3.29. The van der Waals surface area contributed by atoms with Crippen molar-refractivity contribution in [3.05, 3.63) is 89.5 Å². The van der Waals surface area contributed by atoms with Gasteiger partial charge in [0.05, 0.1) is 37.7 Å². The quantitative estimate of drug-likeness (QED) is 0.333. The number of aryl methyl sites for hydroxylation is 1. The maximum atomic E-state index is 5.94. The number of aromatic nitrogens is 2. The molecule has 1 N–H and O–H groups in total. The molecule has 0 spiro atoms. The van der Waals surface area contributed by atoms with E-state index in [2.05, 4.69) is 45.7 Å². The first kappa shape index (κ1) is 24.1. The third-order valence-electron chi connectivity index (χ3n) is 7.15. The number of fused-ring (bicyclic) bond motifs is 1. The second-order valence-electron chi connectivity index (χ2n) is 9.23. The minimum atomic E-state index is -0.186. The number of hydrogen-bond acceptors (Lipinski definition) is 6. The van der Waals surface area contributed by atoms with Crippen molar-refractivity contribution in [2.24, 2.45) is 0 Å². The Morgan fingerprint density at radius 3 is 2.58 bits per heavy atom. The normalized spacial score (nSPS) is 18.0. The van der Waals surface area contributed by atoms with Crippen molar-refractivity contribution in [1.29, 1.82) is 0 Å². The van der Waals surface area contributed by atoms with E-state index in [4.69, 9.17) is 31.2 Å². The number of thiocarbonyl (C=S) groups is 1. The van der Waals surface area contributed by atoms with Crippen LogP contribution in [-0.2, 0) is 0 Å². The van der Waals surface area contributed by atoms with Crippen molar-refractivity contribution in [1.82, 2.24) is 14.9 Å². The van der Waals surface area contributed by atoms with E-state index < -0.39 is 0 Å². The van der Waals surface area contributed by atoms with Gasteiger partial charge in [-0.3, -0.25) is 4.98 Å². The van der Waals surface area contributed by atoms with Crippen LogP contribution in [-0.4, -0.2) is 35.7 Å². The van der Waals surface area contributed by atoms with Crippen molar-refractivity contribution in [3.63, 3.8) is 0 Å². The van der Waals surface area contributed by atoms with Gasteiger partial charge in [0.15, 0.2) is 16.6 Å². The summed E-state index contributed by atoms with van der Waals surface area (Å²) in [6, 6.07) is 19.6. The van der Waals surface area contributed by atoms with Gasteiger partial charge in [-0.15, -0.1) is 0 Å². The summed E-state index contributed by atoms with van der Waals surface area (Å²) in [6.45, 7) is 4.48. The van der Waals surface area contributed by atoms with Crippen molar-refractivity contribution >= 4 is 23.0 Å². The number of ether oxygens (including phenoxy) is 4. The van der Waals surface area contributed by atoms with Crippen molar-refractivity contribution in [3.8, 4) is 28.7 Å². The number of anilines is 1. The van der Waals surface area contributed by atoms with Crippen LogP contribution in [0.25, 0.3) is 5.69 Å². The van der Waals surface area contributed by atoms with Gasteiger partial charge >= 0.3 is 0 Å². The van der Waals surface area contributed by atoms with Gasteiger partial charge in [-0.2, -0.15) is 0 Å². The summed E-state index contributed by atoms with van der Waals surface area (Å²) in [5.74, 6) is 2.89. The second-order valence-corrected chi connectivity index (χ2v) is 9.62. The van der Waals surface area contributed by atoms with Crippen molar-refractivity contribution < 1.29 is 18.9 Å². The second kappa shape index (κ2) is 9.57. The first-order chi connectivity index (χ1) is 18.5. The molecule has 2 atom stereocenters. The molecule has 4 heterocycles. The molecule has 194 valence electrons. The minimum Gasteiger partial charge on any atom is -0.497 e. The topological polar surface area (TPSA) is 70.0 Å². The summed E-state index contributed by atoms with van der Waals surface area (Å²) in [5, 5.41) is 4.14. The van der Waals surface area contributed by atoms with E-state index in [0.29, 0.717) is 16.6 Å². The third-order valence-corrected chi connectivity index (χ3v) is 7.46. The lowest BCUT2D eigenvalue weighted by atomic mass is 9.96. The number of nitrogens with zero attached hydrogens (tertiary/aromatic N) is 3. The Bertz CT molecular complexity index is 1520.